The quantitative estimate of drug-likeness (QED) is 0.0327. The predicted molar refractivity (Wildman–Crippen MR) is 196 cm³/mol. The van der Waals surface area contributed by atoms with Crippen molar-refractivity contribution < 1.29 is 9.53 Å². The molecule has 0 aromatic carbocycles. The molecule has 0 amide bonds. The summed E-state index contributed by atoms with van der Waals surface area (Å²) in [4.78, 5) is 14.4. The number of carbonyl (C=O) groups excluding carboxylic acids is 1. The number of rotatable bonds is 32. The fraction of sp³-hybridized carbons (Fsp3) is 0.780. The second-order valence-corrected chi connectivity index (χ2v) is 13.5. The molecule has 1 atom stereocenters. The van der Waals surface area contributed by atoms with Crippen molar-refractivity contribution in [2.45, 2.75) is 187 Å². The number of allylic oxidation sites excluding steroid dienone is 8. The maximum atomic E-state index is 12.5. The van der Waals surface area contributed by atoms with Crippen LogP contribution in [0.4, 0.5) is 0 Å². The summed E-state index contributed by atoms with van der Waals surface area (Å²) in [5, 5.41) is 0. The van der Waals surface area contributed by atoms with E-state index in [1.807, 2.05) is 19.0 Å². The highest BCUT2D eigenvalue weighted by Crippen LogP contribution is 2.27. The van der Waals surface area contributed by atoms with Gasteiger partial charge in [0.1, 0.15) is 5.60 Å². The highest BCUT2D eigenvalue weighted by molar-refractivity contribution is 5.72. The second kappa shape index (κ2) is 32.8. The van der Waals surface area contributed by atoms with Gasteiger partial charge < -0.3 is 4.74 Å². The van der Waals surface area contributed by atoms with Crippen molar-refractivity contribution in [3.05, 3.63) is 48.6 Å². The summed E-state index contributed by atoms with van der Waals surface area (Å²) in [5.74, 6) is -0.0820. The van der Waals surface area contributed by atoms with Crippen molar-refractivity contribution in [1.29, 1.82) is 0 Å². The van der Waals surface area contributed by atoms with Crippen LogP contribution in [0.5, 0.6) is 0 Å². The third kappa shape index (κ3) is 31.8. The molecule has 0 aliphatic heterocycles. The topological polar surface area (TPSA) is 29.5 Å². The summed E-state index contributed by atoms with van der Waals surface area (Å²) in [7, 11) is 3.87. The van der Waals surface area contributed by atoms with Gasteiger partial charge in [-0.3, -0.25) is 9.69 Å². The molecule has 0 bridgehead atoms. The van der Waals surface area contributed by atoms with Crippen LogP contribution in [0.2, 0.25) is 0 Å². The molecule has 256 valence electrons. The molecule has 0 rings (SSSR count). The van der Waals surface area contributed by atoms with Crippen molar-refractivity contribution in [1.82, 2.24) is 4.90 Å². The minimum absolute atomic E-state index is 0.0820. The van der Waals surface area contributed by atoms with Gasteiger partial charge in [0.15, 0.2) is 0 Å². The van der Waals surface area contributed by atoms with Crippen molar-refractivity contribution in [3.8, 4) is 0 Å². The number of carbonyl (C=O) groups is 1. The molecule has 0 aliphatic carbocycles. The highest BCUT2D eigenvalue weighted by Gasteiger charge is 2.28. The average Bonchev–Trinajstić information content (AvgIpc) is 2.98. The van der Waals surface area contributed by atoms with Gasteiger partial charge in [-0.1, -0.05) is 140 Å². The molecule has 3 heteroatoms. The lowest BCUT2D eigenvalue weighted by molar-refractivity contribution is -0.160. The molecule has 1 unspecified atom stereocenters. The molecule has 0 fully saturated rings. The van der Waals surface area contributed by atoms with Gasteiger partial charge in [0.25, 0.3) is 0 Å². The van der Waals surface area contributed by atoms with Crippen LogP contribution in [0.1, 0.15) is 181 Å². The van der Waals surface area contributed by atoms with Gasteiger partial charge >= 0.3 is 5.97 Å². The molecule has 0 saturated carbocycles. The third-order valence-corrected chi connectivity index (χ3v) is 8.40. The Bertz CT molecular complexity index is 735. The van der Waals surface area contributed by atoms with E-state index in [0.717, 1.165) is 32.1 Å². The Morgan fingerprint density at radius 3 is 1.36 bits per heavy atom. The number of hydrogen-bond acceptors (Lipinski definition) is 3. The Morgan fingerprint density at radius 1 is 0.545 bits per heavy atom. The van der Waals surface area contributed by atoms with E-state index < -0.39 is 0 Å². The van der Waals surface area contributed by atoms with Gasteiger partial charge in [-0.25, -0.2) is 0 Å². The number of unbranched alkanes of at least 4 members (excludes halogenated alkanes) is 18. The van der Waals surface area contributed by atoms with Crippen molar-refractivity contribution >= 4 is 5.97 Å². The lowest BCUT2D eigenvalue weighted by Crippen LogP contribution is -2.35. The van der Waals surface area contributed by atoms with Gasteiger partial charge in [0.05, 0.1) is 6.54 Å². The number of likely N-dealkylation sites (N-methyl/N-ethyl adjacent to an activating group) is 1. The van der Waals surface area contributed by atoms with E-state index in [-0.39, 0.29) is 11.6 Å². The van der Waals surface area contributed by atoms with E-state index in [0.29, 0.717) is 6.54 Å². The summed E-state index contributed by atoms with van der Waals surface area (Å²) in [6.07, 6.45) is 49.4. The van der Waals surface area contributed by atoms with Crippen LogP contribution >= 0.6 is 0 Å². The highest BCUT2D eigenvalue weighted by atomic mass is 16.6. The van der Waals surface area contributed by atoms with E-state index in [1.54, 1.807) is 0 Å². The Balaban J connectivity index is 4.06. The Morgan fingerprint density at radius 2 is 0.932 bits per heavy atom. The summed E-state index contributed by atoms with van der Waals surface area (Å²) >= 11 is 0. The summed E-state index contributed by atoms with van der Waals surface area (Å²) in [5.41, 5.74) is -0.322. The monoisotopic (exact) mass is 614 g/mol. The molecule has 0 spiro atoms. The van der Waals surface area contributed by atoms with Crippen LogP contribution in [0.15, 0.2) is 48.6 Å². The third-order valence-electron chi connectivity index (χ3n) is 8.40. The molecular weight excluding hydrogens is 538 g/mol. The molecule has 3 nitrogen and oxygen atoms in total. The van der Waals surface area contributed by atoms with Crippen molar-refractivity contribution in [3.63, 3.8) is 0 Å². The number of esters is 1. The summed E-state index contributed by atoms with van der Waals surface area (Å²) < 4.78 is 6.09. The zero-order valence-electron chi connectivity index (χ0n) is 30.3. The standard InChI is InChI=1S/C41H75NO2/c1-6-8-10-12-14-16-18-20-22-24-26-28-30-32-34-36-38-41(3,44-40(43)39-42(4)5)37-35-33-31-29-27-25-23-21-19-17-15-13-11-9-7-2/h14-17,19-22H,6-13,18,23-39H2,1-5H3/b16-14-,17-15+,21-19-,22-20-. The Labute approximate surface area is 276 Å². The fourth-order valence-electron chi connectivity index (χ4n) is 5.61. The maximum absolute atomic E-state index is 12.5. The number of ether oxygens (including phenoxy) is 1. The van der Waals surface area contributed by atoms with Crippen LogP contribution < -0.4 is 0 Å². The van der Waals surface area contributed by atoms with E-state index >= 15 is 0 Å². The first-order valence-corrected chi connectivity index (χ1v) is 18.9. The second-order valence-electron chi connectivity index (χ2n) is 13.5. The first-order valence-electron chi connectivity index (χ1n) is 18.9. The minimum Gasteiger partial charge on any atom is -0.458 e. The minimum atomic E-state index is -0.322. The van der Waals surface area contributed by atoms with Crippen molar-refractivity contribution in [2.24, 2.45) is 0 Å². The Hall–Kier alpha value is -1.61. The molecule has 0 heterocycles. The van der Waals surface area contributed by atoms with Gasteiger partial charge in [-0.05, 0) is 104 Å². The number of hydrogen-bond donors (Lipinski definition) is 0. The zero-order chi connectivity index (χ0) is 32.4. The maximum Gasteiger partial charge on any atom is 0.320 e. The average molecular weight is 614 g/mol. The van der Waals surface area contributed by atoms with E-state index in [2.05, 4.69) is 69.4 Å². The fourth-order valence-corrected chi connectivity index (χ4v) is 5.61. The first kappa shape index (κ1) is 42.4. The van der Waals surface area contributed by atoms with Gasteiger partial charge in [0, 0.05) is 0 Å². The SMILES string of the molecule is CCCCC/C=C\C/C=C\CCCCCCCCC(C)(CCCCCCCC/C=C\C=C\CCCCC)OC(=O)CN(C)C. The molecule has 0 N–H and O–H groups in total. The molecule has 0 aliphatic rings. The largest absolute Gasteiger partial charge is 0.458 e. The van der Waals surface area contributed by atoms with Gasteiger partial charge in [0.2, 0.25) is 0 Å². The molecule has 0 aromatic rings. The molecule has 44 heavy (non-hydrogen) atoms. The lowest BCUT2D eigenvalue weighted by Gasteiger charge is -2.30. The molecule has 0 saturated heterocycles. The van der Waals surface area contributed by atoms with Crippen LogP contribution in [0, 0.1) is 0 Å². The van der Waals surface area contributed by atoms with Gasteiger partial charge in [-0.2, -0.15) is 0 Å². The smallest absolute Gasteiger partial charge is 0.320 e. The lowest BCUT2D eigenvalue weighted by atomic mass is 9.91. The van der Waals surface area contributed by atoms with E-state index in [9.17, 15) is 4.79 Å². The normalized spacial score (nSPS) is 13.8. The Kier molecular flexibility index (Phi) is 31.6. The summed E-state index contributed by atoms with van der Waals surface area (Å²) in [6, 6.07) is 0. The predicted octanol–water partition coefficient (Wildman–Crippen LogP) is 12.9. The van der Waals surface area contributed by atoms with Crippen molar-refractivity contribution in [2.75, 3.05) is 20.6 Å². The molecule has 0 radical (unpaired) electrons. The zero-order valence-corrected chi connectivity index (χ0v) is 30.3. The van der Waals surface area contributed by atoms with Crippen LogP contribution in [-0.4, -0.2) is 37.1 Å². The first-order chi connectivity index (χ1) is 21.4. The summed E-state index contributed by atoms with van der Waals surface area (Å²) in [6.45, 7) is 7.06. The van der Waals surface area contributed by atoms with Crippen LogP contribution in [-0.2, 0) is 9.53 Å². The van der Waals surface area contributed by atoms with E-state index in [1.165, 1.54) is 128 Å². The van der Waals surface area contributed by atoms with Crippen LogP contribution in [0.25, 0.3) is 0 Å². The van der Waals surface area contributed by atoms with Crippen LogP contribution in [0.3, 0.4) is 0 Å². The molecular formula is C41H75NO2. The molecule has 0 aromatic heterocycles. The van der Waals surface area contributed by atoms with E-state index in [4.69, 9.17) is 4.74 Å². The number of nitrogens with zero attached hydrogens (tertiary/aromatic N) is 1. The van der Waals surface area contributed by atoms with Gasteiger partial charge in [-0.15, -0.1) is 0 Å².